The van der Waals surface area contributed by atoms with Gasteiger partial charge in [0.1, 0.15) is 0 Å². The van der Waals surface area contributed by atoms with E-state index >= 15 is 0 Å². The summed E-state index contributed by atoms with van der Waals surface area (Å²) >= 11 is 0.912. The second kappa shape index (κ2) is 5.32. The van der Waals surface area contributed by atoms with Crippen LogP contribution in [-0.2, 0) is 12.4 Å². The zero-order chi connectivity index (χ0) is 14.8. The van der Waals surface area contributed by atoms with Crippen molar-refractivity contribution in [3.63, 3.8) is 0 Å². The van der Waals surface area contributed by atoms with Gasteiger partial charge in [0.2, 0.25) is 0 Å². The number of benzene rings is 1. The number of hydrogen-bond acceptors (Lipinski definition) is 2. The summed E-state index contributed by atoms with van der Waals surface area (Å²) in [6.07, 6.45) is -8.28. The van der Waals surface area contributed by atoms with Crippen molar-refractivity contribution in [1.29, 1.82) is 0 Å². The lowest BCUT2D eigenvalue weighted by Gasteiger charge is -2.12. The highest BCUT2D eigenvalue weighted by Crippen LogP contribution is 2.38. The van der Waals surface area contributed by atoms with Crippen molar-refractivity contribution in [3.8, 4) is 0 Å². The fraction of sp³-hybridized carbons (Fsp3) is 0.300. The van der Waals surface area contributed by atoms with E-state index in [2.05, 4.69) is 4.99 Å². The Morgan fingerprint density at radius 2 is 1.42 bits per heavy atom. The van der Waals surface area contributed by atoms with Crippen molar-refractivity contribution in [2.75, 3.05) is 6.26 Å². The largest absolute Gasteiger partial charge is 0.416 e. The second-order valence-electron chi connectivity index (χ2n) is 3.42. The quantitative estimate of drug-likeness (QED) is 0.483. The van der Waals surface area contributed by atoms with Crippen molar-refractivity contribution in [2.24, 2.45) is 10.7 Å². The molecule has 19 heavy (non-hydrogen) atoms. The van der Waals surface area contributed by atoms with Crippen molar-refractivity contribution >= 4 is 22.6 Å². The summed E-state index contributed by atoms with van der Waals surface area (Å²) in [5, 5.41) is -0.132. The van der Waals surface area contributed by atoms with Crippen LogP contribution >= 0.6 is 11.8 Å². The van der Waals surface area contributed by atoms with Gasteiger partial charge in [0.05, 0.1) is 16.8 Å². The summed E-state index contributed by atoms with van der Waals surface area (Å²) in [6, 6.07) is 1.06. The fourth-order valence-corrected chi connectivity index (χ4v) is 1.37. The third-order valence-corrected chi connectivity index (χ3v) is 2.53. The Morgan fingerprint density at radius 1 is 1.00 bits per heavy atom. The Hall–Kier alpha value is -1.38. The maximum absolute atomic E-state index is 12.5. The van der Waals surface area contributed by atoms with Gasteiger partial charge in [0.15, 0.2) is 5.17 Å². The van der Waals surface area contributed by atoms with E-state index in [9.17, 15) is 26.3 Å². The van der Waals surface area contributed by atoms with Gasteiger partial charge in [0.25, 0.3) is 0 Å². The average molecular weight is 302 g/mol. The Kier molecular flexibility index (Phi) is 4.39. The van der Waals surface area contributed by atoms with E-state index in [1.165, 1.54) is 6.26 Å². The molecule has 2 N–H and O–H groups in total. The van der Waals surface area contributed by atoms with Crippen LogP contribution in [-0.4, -0.2) is 11.4 Å². The van der Waals surface area contributed by atoms with Gasteiger partial charge in [-0.25, -0.2) is 4.99 Å². The molecular formula is C10H8F6N2S. The minimum absolute atomic E-state index is 0.0360. The molecule has 1 aromatic rings. The molecular weight excluding hydrogens is 294 g/mol. The number of nitrogens with two attached hydrogens (primary N) is 1. The molecule has 0 aliphatic heterocycles. The van der Waals surface area contributed by atoms with E-state index in [0.717, 1.165) is 11.8 Å². The third kappa shape index (κ3) is 4.34. The van der Waals surface area contributed by atoms with Crippen LogP contribution in [0.2, 0.25) is 0 Å². The Bertz CT molecular complexity index is 460. The van der Waals surface area contributed by atoms with Crippen molar-refractivity contribution in [1.82, 2.24) is 0 Å². The van der Waals surface area contributed by atoms with Crippen molar-refractivity contribution in [3.05, 3.63) is 29.3 Å². The molecule has 0 aliphatic rings. The van der Waals surface area contributed by atoms with Crippen LogP contribution < -0.4 is 5.73 Å². The van der Waals surface area contributed by atoms with E-state index < -0.39 is 29.2 Å². The maximum Gasteiger partial charge on any atom is 0.416 e. The van der Waals surface area contributed by atoms with Crippen LogP contribution in [0.25, 0.3) is 0 Å². The van der Waals surface area contributed by atoms with Crippen LogP contribution in [0, 0.1) is 0 Å². The van der Waals surface area contributed by atoms with Crippen molar-refractivity contribution in [2.45, 2.75) is 12.4 Å². The SMILES string of the molecule is CSC(N)=Nc1cc(C(F)(F)F)cc(C(F)(F)F)c1. The topological polar surface area (TPSA) is 38.4 Å². The monoisotopic (exact) mass is 302 g/mol. The first-order valence-corrected chi connectivity index (χ1v) is 5.94. The normalized spacial score (nSPS) is 13.7. The number of hydrogen-bond donors (Lipinski definition) is 1. The molecule has 2 nitrogen and oxygen atoms in total. The van der Waals surface area contributed by atoms with Gasteiger partial charge < -0.3 is 5.73 Å². The number of aliphatic imine (C=N–C) groups is 1. The molecule has 0 atom stereocenters. The van der Waals surface area contributed by atoms with Gasteiger partial charge in [0, 0.05) is 0 Å². The first-order valence-electron chi connectivity index (χ1n) is 4.71. The smallest absolute Gasteiger partial charge is 0.378 e. The molecule has 0 saturated heterocycles. The first-order chi connectivity index (χ1) is 8.54. The minimum atomic E-state index is -4.89. The van der Waals surface area contributed by atoms with Gasteiger partial charge in [-0.15, -0.1) is 0 Å². The van der Waals surface area contributed by atoms with Gasteiger partial charge in [-0.1, -0.05) is 11.8 Å². The predicted molar refractivity (Wildman–Crippen MR) is 61.2 cm³/mol. The summed E-state index contributed by atoms with van der Waals surface area (Å²) in [6.45, 7) is 0. The summed E-state index contributed by atoms with van der Waals surface area (Å²) < 4.78 is 75.0. The van der Waals surface area contributed by atoms with Crippen LogP contribution in [0.1, 0.15) is 11.1 Å². The highest BCUT2D eigenvalue weighted by Gasteiger charge is 2.36. The number of nitrogens with zero attached hydrogens (tertiary/aromatic N) is 1. The zero-order valence-electron chi connectivity index (χ0n) is 9.43. The van der Waals surface area contributed by atoms with Gasteiger partial charge >= 0.3 is 12.4 Å². The molecule has 0 unspecified atom stereocenters. The summed E-state index contributed by atoms with van der Waals surface area (Å²) in [5.41, 5.74) is 1.94. The molecule has 1 rings (SSSR count). The second-order valence-corrected chi connectivity index (χ2v) is 4.24. The van der Waals surface area contributed by atoms with Gasteiger partial charge in [-0.2, -0.15) is 26.3 Å². The Balaban J connectivity index is 3.41. The molecule has 106 valence electrons. The number of rotatable bonds is 1. The molecule has 0 aliphatic carbocycles. The molecule has 0 bridgehead atoms. The predicted octanol–water partition coefficient (Wildman–Crippen LogP) is 4.03. The van der Waals surface area contributed by atoms with Crippen LogP contribution in [0.15, 0.2) is 23.2 Å². The molecule has 0 saturated carbocycles. The maximum atomic E-state index is 12.5. The zero-order valence-corrected chi connectivity index (χ0v) is 10.2. The molecule has 0 fully saturated rings. The van der Waals surface area contributed by atoms with Crippen LogP contribution in [0.5, 0.6) is 0 Å². The van der Waals surface area contributed by atoms with Crippen molar-refractivity contribution < 1.29 is 26.3 Å². The molecule has 0 amide bonds. The minimum Gasteiger partial charge on any atom is -0.378 e. The standard InChI is InChI=1S/C10H8F6N2S/c1-19-8(17)18-7-3-5(9(11,12)13)2-6(4-7)10(14,15)16/h2-4H,1H3,(H2,17,18). The highest BCUT2D eigenvalue weighted by molar-refractivity contribution is 8.13. The molecule has 0 heterocycles. The first kappa shape index (κ1) is 15.7. The van der Waals surface area contributed by atoms with E-state index in [1.54, 1.807) is 0 Å². The highest BCUT2D eigenvalue weighted by atomic mass is 32.2. The van der Waals surface area contributed by atoms with E-state index in [-0.39, 0.29) is 11.2 Å². The summed E-state index contributed by atoms with van der Waals surface area (Å²) in [7, 11) is 0. The van der Waals surface area contributed by atoms with Gasteiger partial charge in [-0.05, 0) is 24.5 Å². The van der Waals surface area contributed by atoms with Crippen LogP contribution in [0.4, 0.5) is 32.0 Å². The fourth-order valence-electron chi connectivity index (χ4n) is 1.18. The lowest BCUT2D eigenvalue weighted by atomic mass is 10.1. The number of thioether (sulfide) groups is 1. The van der Waals surface area contributed by atoms with Gasteiger partial charge in [-0.3, -0.25) is 0 Å². The molecule has 0 radical (unpaired) electrons. The van der Waals surface area contributed by atoms with E-state index in [1.807, 2.05) is 0 Å². The molecule has 1 aromatic carbocycles. The number of amidine groups is 1. The third-order valence-electron chi connectivity index (χ3n) is 2.02. The summed E-state index contributed by atoms with van der Waals surface area (Å²) in [5.74, 6) is 0. The summed E-state index contributed by atoms with van der Waals surface area (Å²) in [4.78, 5) is 3.48. The van der Waals surface area contributed by atoms with E-state index in [0.29, 0.717) is 12.1 Å². The average Bonchev–Trinajstić information content (AvgIpc) is 2.26. The number of alkyl halides is 6. The molecule has 9 heteroatoms. The molecule has 0 spiro atoms. The molecule has 0 aromatic heterocycles. The Morgan fingerprint density at radius 3 is 1.74 bits per heavy atom. The Labute approximate surface area is 108 Å². The van der Waals surface area contributed by atoms with Crippen LogP contribution in [0.3, 0.4) is 0 Å². The van der Waals surface area contributed by atoms with E-state index in [4.69, 9.17) is 5.73 Å². The lowest BCUT2D eigenvalue weighted by Crippen LogP contribution is -2.11. The lowest BCUT2D eigenvalue weighted by molar-refractivity contribution is -0.143. The number of halogens is 6.